The van der Waals surface area contributed by atoms with Crippen LogP contribution in [-0.4, -0.2) is 28.7 Å². The summed E-state index contributed by atoms with van der Waals surface area (Å²) in [6, 6.07) is 1.17. The minimum Gasteiger partial charge on any atom is -0.451 e. The van der Waals surface area contributed by atoms with E-state index >= 15 is 0 Å². The average molecular weight is 206 g/mol. The molecule has 0 aromatic carbocycles. The highest BCUT2D eigenvalue weighted by atomic mass is 19.4. The van der Waals surface area contributed by atoms with Gasteiger partial charge in [-0.3, -0.25) is 0 Å². The van der Waals surface area contributed by atoms with E-state index in [0.29, 0.717) is 0 Å². The number of alkyl halides is 3. The van der Waals surface area contributed by atoms with Crippen LogP contribution in [0, 0.1) is 0 Å². The van der Waals surface area contributed by atoms with Gasteiger partial charge in [-0.25, -0.2) is 14.8 Å². The van der Waals surface area contributed by atoms with Gasteiger partial charge in [0.25, 0.3) is 0 Å². The molecule has 0 aliphatic rings. The summed E-state index contributed by atoms with van der Waals surface area (Å²) in [6.45, 7) is -1.62. The molecular weight excluding hydrogens is 201 g/mol. The minimum atomic E-state index is -4.53. The lowest BCUT2D eigenvalue weighted by atomic mass is 10.4. The van der Waals surface area contributed by atoms with Crippen molar-refractivity contribution in [3.8, 4) is 0 Å². The molecule has 0 fully saturated rings. The van der Waals surface area contributed by atoms with Crippen molar-refractivity contribution >= 4 is 5.97 Å². The number of halogens is 3. The lowest BCUT2D eigenvalue weighted by molar-refractivity contribution is -0.161. The zero-order valence-corrected chi connectivity index (χ0v) is 6.78. The number of ether oxygens (including phenoxy) is 1. The molecule has 0 saturated heterocycles. The van der Waals surface area contributed by atoms with Crippen molar-refractivity contribution in [2.24, 2.45) is 0 Å². The van der Waals surface area contributed by atoms with Crippen molar-refractivity contribution in [3.05, 3.63) is 24.3 Å². The van der Waals surface area contributed by atoms with Gasteiger partial charge in [0, 0.05) is 6.20 Å². The minimum absolute atomic E-state index is 0.204. The molecule has 0 atom stereocenters. The van der Waals surface area contributed by atoms with Crippen molar-refractivity contribution in [2.45, 2.75) is 6.18 Å². The van der Waals surface area contributed by atoms with Gasteiger partial charge < -0.3 is 4.74 Å². The first-order chi connectivity index (χ1) is 6.49. The van der Waals surface area contributed by atoms with Crippen LogP contribution in [0.1, 0.15) is 10.5 Å². The molecule has 1 heterocycles. The van der Waals surface area contributed by atoms with Gasteiger partial charge in [0.05, 0.1) is 0 Å². The lowest BCUT2D eigenvalue weighted by Crippen LogP contribution is -2.20. The number of aromatic nitrogens is 2. The van der Waals surface area contributed by atoms with Crippen LogP contribution in [0.15, 0.2) is 18.6 Å². The van der Waals surface area contributed by atoms with Gasteiger partial charge >= 0.3 is 12.1 Å². The number of carbonyl (C=O) groups excluding carboxylic acids is 1. The largest absolute Gasteiger partial charge is 0.451 e. The molecular formula is C7H5F3N2O2. The molecule has 1 aromatic heterocycles. The number of esters is 1. The Labute approximate surface area is 76.7 Å². The van der Waals surface area contributed by atoms with E-state index in [1.54, 1.807) is 0 Å². The van der Waals surface area contributed by atoms with E-state index in [1.165, 1.54) is 12.3 Å². The van der Waals surface area contributed by atoms with E-state index < -0.39 is 18.8 Å². The molecule has 4 nitrogen and oxygen atoms in total. The van der Waals surface area contributed by atoms with Gasteiger partial charge in [-0.1, -0.05) is 0 Å². The highest BCUT2D eigenvalue weighted by molar-refractivity contribution is 5.86. The van der Waals surface area contributed by atoms with Crippen molar-refractivity contribution in [2.75, 3.05) is 6.61 Å². The normalized spacial score (nSPS) is 11.1. The van der Waals surface area contributed by atoms with Gasteiger partial charge in [-0.2, -0.15) is 13.2 Å². The van der Waals surface area contributed by atoms with Gasteiger partial charge in [0.2, 0.25) is 0 Å². The summed E-state index contributed by atoms with van der Waals surface area (Å²) in [5, 5.41) is 0. The first kappa shape index (κ1) is 10.4. The fraction of sp³-hybridized carbons (Fsp3) is 0.286. The molecule has 0 bridgehead atoms. The maximum Gasteiger partial charge on any atom is 0.422 e. The molecule has 0 spiro atoms. The predicted octanol–water partition coefficient (Wildman–Crippen LogP) is 1.20. The molecule has 76 valence electrons. The molecule has 0 aliphatic heterocycles. The van der Waals surface area contributed by atoms with Gasteiger partial charge in [0.1, 0.15) is 6.33 Å². The highest BCUT2D eigenvalue weighted by Crippen LogP contribution is 2.15. The zero-order chi connectivity index (χ0) is 10.6. The Morgan fingerprint density at radius 1 is 1.50 bits per heavy atom. The van der Waals surface area contributed by atoms with Crippen molar-refractivity contribution in [1.29, 1.82) is 0 Å². The molecule has 7 heteroatoms. The number of nitrogens with zero attached hydrogens (tertiary/aromatic N) is 2. The fourth-order valence-electron chi connectivity index (χ4n) is 0.633. The first-order valence-electron chi connectivity index (χ1n) is 3.49. The van der Waals surface area contributed by atoms with Crippen LogP contribution in [0.25, 0.3) is 0 Å². The van der Waals surface area contributed by atoms with E-state index in [1.807, 2.05) is 0 Å². The molecule has 14 heavy (non-hydrogen) atoms. The molecule has 0 saturated carbocycles. The lowest BCUT2D eigenvalue weighted by Gasteiger charge is -2.06. The molecule has 0 aliphatic carbocycles. The maximum atomic E-state index is 11.6. The Morgan fingerprint density at radius 3 is 2.71 bits per heavy atom. The third-order valence-corrected chi connectivity index (χ3v) is 1.16. The Bertz CT molecular complexity index is 312. The van der Waals surface area contributed by atoms with Crippen LogP contribution < -0.4 is 0 Å². The summed E-state index contributed by atoms with van der Waals surface area (Å²) >= 11 is 0. The zero-order valence-electron chi connectivity index (χ0n) is 6.78. The van der Waals surface area contributed by atoms with Crippen molar-refractivity contribution in [1.82, 2.24) is 9.97 Å². The maximum absolute atomic E-state index is 11.6. The Kier molecular flexibility index (Phi) is 3.00. The Morgan fingerprint density at radius 2 is 2.21 bits per heavy atom. The van der Waals surface area contributed by atoms with Crippen molar-refractivity contribution in [3.63, 3.8) is 0 Å². The summed E-state index contributed by atoms with van der Waals surface area (Å²) in [7, 11) is 0. The molecule has 1 aromatic rings. The third kappa shape index (κ3) is 3.38. The van der Waals surface area contributed by atoms with Crippen LogP contribution in [-0.2, 0) is 4.74 Å². The Hall–Kier alpha value is -1.66. The second-order valence-electron chi connectivity index (χ2n) is 2.29. The van der Waals surface area contributed by atoms with Crippen LogP contribution in [0.2, 0.25) is 0 Å². The fourth-order valence-corrected chi connectivity index (χ4v) is 0.633. The monoisotopic (exact) mass is 206 g/mol. The second kappa shape index (κ2) is 4.03. The van der Waals surface area contributed by atoms with Gasteiger partial charge in [-0.15, -0.1) is 0 Å². The standard InChI is InChI=1S/C7H5F3N2O2/c8-7(9,10)3-14-6(13)5-1-2-11-4-12-5/h1-2,4H,3H2. The van der Waals surface area contributed by atoms with E-state index in [4.69, 9.17) is 0 Å². The smallest absolute Gasteiger partial charge is 0.422 e. The SMILES string of the molecule is O=C(OCC(F)(F)F)c1ccncn1. The van der Waals surface area contributed by atoms with E-state index in [-0.39, 0.29) is 5.69 Å². The van der Waals surface area contributed by atoms with Crippen molar-refractivity contribution < 1.29 is 22.7 Å². The summed E-state index contributed by atoms with van der Waals surface area (Å²) < 4.78 is 38.8. The number of carbonyl (C=O) groups is 1. The van der Waals surface area contributed by atoms with E-state index in [9.17, 15) is 18.0 Å². The molecule has 0 unspecified atom stereocenters. The topological polar surface area (TPSA) is 52.1 Å². The number of rotatable bonds is 2. The van der Waals surface area contributed by atoms with Crippen LogP contribution in [0.3, 0.4) is 0 Å². The summed E-state index contributed by atoms with van der Waals surface area (Å²) in [5.41, 5.74) is -0.204. The highest BCUT2D eigenvalue weighted by Gasteiger charge is 2.29. The summed E-state index contributed by atoms with van der Waals surface area (Å²) in [5.74, 6) is -1.12. The molecule has 0 amide bonds. The number of hydrogen-bond acceptors (Lipinski definition) is 4. The number of hydrogen-bond donors (Lipinski definition) is 0. The Balaban J connectivity index is 2.52. The van der Waals surface area contributed by atoms with Crippen LogP contribution >= 0.6 is 0 Å². The molecule has 0 radical (unpaired) electrons. The third-order valence-electron chi connectivity index (χ3n) is 1.16. The molecule has 0 N–H and O–H groups in total. The average Bonchev–Trinajstić information content (AvgIpc) is 2.14. The van der Waals surface area contributed by atoms with E-state index in [2.05, 4.69) is 14.7 Å². The van der Waals surface area contributed by atoms with Crippen LogP contribution in [0.4, 0.5) is 13.2 Å². The predicted molar refractivity (Wildman–Crippen MR) is 38.4 cm³/mol. The van der Waals surface area contributed by atoms with E-state index in [0.717, 1.165) is 6.33 Å². The first-order valence-corrected chi connectivity index (χ1v) is 3.49. The molecule has 1 rings (SSSR count). The summed E-state index contributed by atoms with van der Waals surface area (Å²) in [4.78, 5) is 17.8. The van der Waals surface area contributed by atoms with Crippen LogP contribution in [0.5, 0.6) is 0 Å². The second-order valence-corrected chi connectivity index (χ2v) is 2.29. The summed E-state index contributed by atoms with van der Waals surface area (Å²) in [6.07, 6.45) is -2.25. The van der Waals surface area contributed by atoms with Gasteiger partial charge in [0.15, 0.2) is 12.3 Å². The quantitative estimate of drug-likeness (QED) is 0.682. The van der Waals surface area contributed by atoms with Gasteiger partial charge in [-0.05, 0) is 6.07 Å².